The summed E-state index contributed by atoms with van der Waals surface area (Å²) in [5.41, 5.74) is 4.56. The number of hydrogen-bond donors (Lipinski definition) is 1. The maximum absolute atomic E-state index is 12.9. The molecule has 2 aromatic carbocycles. The molecule has 1 amide bonds. The van der Waals surface area contributed by atoms with Crippen molar-refractivity contribution in [2.24, 2.45) is 0 Å². The van der Waals surface area contributed by atoms with Crippen molar-refractivity contribution in [3.8, 4) is 17.1 Å². The predicted octanol–water partition coefficient (Wildman–Crippen LogP) is 4.10. The number of aromatic nitrogens is 4. The summed E-state index contributed by atoms with van der Waals surface area (Å²) in [5.74, 6) is 0.688. The molecule has 2 aromatic heterocycles. The predicted molar refractivity (Wildman–Crippen MR) is 105 cm³/mol. The summed E-state index contributed by atoms with van der Waals surface area (Å²) in [4.78, 5) is 12.9. The van der Waals surface area contributed by atoms with Gasteiger partial charge in [0.05, 0.1) is 23.1 Å². The van der Waals surface area contributed by atoms with Crippen LogP contribution >= 0.6 is 0 Å². The van der Waals surface area contributed by atoms with Crippen molar-refractivity contribution in [3.63, 3.8) is 0 Å². The number of nitrogens with zero attached hydrogens (tertiary/aromatic N) is 4. The number of aryl methyl sites for hydroxylation is 2. The second-order valence-corrected chi connectivity index (χ2v) is 6.50. The molecule has 2 heterocycles. The molecule has 4 aromatic rings. The molecular weight excluding hydrogens is 354 g/mol. The van der Waals surface area contributed by atoms with Crippen LogP contribution < -0.4 is 5.32 Å². The second-order valence-electron chi connectivity index (χ2n) is 6.50. The van der Waals surface area contributed by atoms with E-state index in [0.717, 1.165) is 22.5 Å². The molecule has 7 nitrogen and oxygen atoms in total. The quantitative estimate of drug-likeness (QED) is 0.582. The lowest BCUT2D eigenvalue weighted by molar-refractivity contribution is 0.102. The van der Waals surface area contributed by atoms with Gasteiger partial charge in [0.1, 0.15) is 0 Å². The topological polar surface area (TPSA) is 85.8 Å². The van der Waals surface area contributed by atoms with Gasteiger partial charge >= 0.3 is 0 Å². The van der Waals surface area contributed by atoms with Gasteiger partial charge in [-0.15, -0.1) is 10.2 Å². The second kappa shape index (κ2) is 7.11. The van der Waals surface area contributed by atoms with Crippen LogP contribution in [-0.4, -0.2) is 25.9 Å². The van der Waals surface area contributed by atoms with Gasteiger partial charge in [-0.25, -0.2) is 4.68 Å². The first-order valence-electron chi connectivity index (χ1n) is 8.85. The summed E-state index contributed by atoms with van der Waals surface area (Å²) in [6.07, 6.45) is 1.58. The molecule has 140 valence electrons. The van der Waals surface area contributed by atoms with E-state index in [0.29, 0.717) is 23.0 Å². The van der Waals surface area contributed by atoms with Crippen LogP contribution in [0.3, 0.4) is 0 Å². The third-order valence-electron chi connectivity index (χ3n) is 4.51. The average molecular weight is 373 g/mol. The number of amides is 1. The Bertz CT molecular complexity index is 1140. The van der Waals surface area contributed by atoms with Crippen LogP contribution in [0.1, 0.15) is 27.5 Å². The minimum atomic E-state index is -0.221. The average Bonchev–Trinajstić information content (AvgIpc) is 3.30. The normalized spacial score (nSPS) is 10.8. The first-order chi connectivity index (χ1) is 13.5. The van der Waals surface area contributed by atoms with E-state index in [1.807, 2.05) is 62.4 Å². The first kappa shape index (κ1) is 17.7. The number of carbonyl (C=O) groups excluding carboxylic acids is 1. The molecular formula is C21H19N5O2. The Morgan fingerprint density at radius 2 is 1.82 bits per heavy atom. The van der Waals surface area contributed by atoms with E-state index in [2.05, 4.69) is 20.6 Å². The van der Waals surface area contributed by atoms with Crippen LogP contribution in [0.2, 0.25) is 0 Å². The molecule has 0 saturated carbocycles. The van der Waals surface area contributed by atoms with Gasteiger partial charge in [0.2, 0.25) is 11.8 Å². The Labute approximate surface area is 162 Å². The van der Waals surface area contributed by atoms with E-state index < -0.39 is 0 Å². The minimum absolute atomic E-state index is 0.221. The summed E-state index contributed by atoms with van der Waals surface area (Å²) < 4.78 is 7.23. The van der Waals surface area contributed by atoms with Gasteiger partial charge < -0.3 is 9.73 Å². The molecule has 0 spiro atoms. The molecule has 0 aliphatic heterocycles. The summed E-state index contributed by atoms with van der Waals surface area (Å²) in [5, 5.41) is 15.2. The minimum Gasteiger partial charge on any atom is -0.421 e. The molecule has 0 atom stereocenters. The van der Waals surface area contributed by atoms with Crippen molar-refractivity contribution in [2.45, 2.75) is 20.8 Å². The third kappa shape index (κ3) is 3.29. The molecule has 0 radical (unpaired) electrons. The number of nitrogens with one attached hydrogen (secondary N) is 1. The van der Waals surface area contributed by atoms with Crippen molar-refractivity contribution in [2.75, 3.05) is 5.32 Å². The maximum Gasteiger partial charge on any atom is 0.259 e. The van der Waals surface area contributed by atoms with Crippen molar-refractivity contribution >= 4 is 11.6 Å². The van der Waals surface area contributed by atoms with Crippen molar-refractivity contribution in [3.05, 3.63) is 77.4 Å². The fraction of sp³-hybridized carbons (Fsp3) is 0.143. The van der Waals surface area contributed by atoms with Crippen LogP contribution in [0.4, 0.5) is 5.69 Å². The number of carbonyl (C=O) groups is 1. The van der Waals surface area contributed by atoms with Gasteiger partial charge in [-0.3, -0.25) is 4.79 Å². The van der Waals surface area contributed by atoms with E-state index in [4.69, 9.17) is 4.42 Å². The molecule has 0 saturated heterocycles. The van der Waals surface area contributed by atoms with Crippen LogP contribution in [0.25, 0.3) is 17.1 Å². The number of benzene rings is 2. The molecule has 4 rings (SSSR count). The highest BCUT2D eigenvalue weighted by atomic mass is 16.4. The number of para-hydroxylation sites is 1. The molecule has 0 unspecified atom stereocenters. The number of rotatable bonds is 4. The molecule has 0 fully saturated rings. The van der Waals surface area contributed by atoms with Gasteiger partial charge in [-0.1, -0.05) is 24.3 Å². The van der Waals surface area contributed by atoms with Gasteiger partial charge in [0, 0.05) is 18.2 Å². The maximum atomic E-state index is 12.9. The zero-order valence-corrected chi connectivity index (χ0v) is 15.8. The number of anilines is 1. The van der Waals surface area contributed by atoms with E-state index in [9.17, 15) is 4.79 Å². The van der Waals surface area contributed by atoms with Crippen molar-refractivity contribution < 1.29 is 9.21 Å². The Hall–Kier alpha value is -3.74. The van der Waals surface area contributed by atoms with E-state index in [1.165, 1.54) is 0 Å². The largest absolute Gasteiger partial charge is 0.421 e. The zero-order valence-electron chi connectivity index (χ0n) is 15.8. The smallest absolute Gasteiger partial charge is 0.259 e. The fourth-order valence-electron chi connectivity index (χ4n) is 2.95. The third-order valence-corrected chi connectivity index (χ3v) is 4.51. The zero-order chi connectivity index (χ0) is 19.7. The summed E-state index contributed by atoms with van der Waals surface area (Å²) >= 11 is 0. The van der Waals surface area contributed by atoms with Crippen LogP contribution in [0, 0.1) is 20.8 Å². The van der Waals surface area contributed by atoms with Crippen molar-refractivity contribution in [1.82, 2.24) is 20.0 Å². The fourth-order valence-corrected chi connectivity index (χ4v) is 2.95. The lowest BCUT2D eigenvalue weighted by atomic mass is 10.1. The number of hydrogen-bond acceptors (Lipinski definition) is 5. The first-order valence-corrected chi connectivity index (χ1v) is 8.85. The Balaban J connectivity index is 1.62. The van der Waals surface area contributed by atoms with Gasteiger partial charge in [-0.05, 0) is 43.7 Å². The molecule has 0 aliphatic carbocycles. The SMILES string of the molecule is Cc1nnc(-c2ccc(C)c(NC(=O)c3cnn(-c4ccccc4)c3C)c2)o1. The van der Waals surface area contributed by atoms with Crippen molar-refractivity contribution in [1.29, 1.82) is 0 Å². The van der Waals surface area contributed by atoms with Gasteiger partial charge in [-0.2, -0.15) is 5.10 Å². The molecule has 1 N–H and O–H groups in total. The van der Waals surface area contributed by atoms with Gasteiger partial charge in [0.25, 0.3) is 5.91 Å². The van der Waals surface area contributed by atoms with E-state index >= 15 is 0 Å². The Morgan fingerprint density at radius 1 is 1.04 bits per heavy atom. The monoisotopic (exact) mass is 373 g/mol. The Kier molecular flexibility index (Phi) is 4.49. The van der Waals surface area contributed by atoms with E-state index in [1.54, 1.807) is 17.8 Å². The standard InChI is InChI=1S/C21H19N5O2/c1-13-9-10-16(21-25-24-15(3)28-21)11-19(13)23-20(27)18-12-22-26(14(18)2)17-7-5-4-6-8-17/h4-12H,1-3H3,(H,23,27). The summed E-state index contributed by atoms with van der Waals surface area (Å²) in [7, 11) is 0. The summed E-state index contributed by atoms with van der Waals surface area (Å²) in [6.45, 7) is 5.54. The van der Waals surface area contributed by atoms with Crippen LogP contribution in [0.15, 0.2) is 59.1 Å². The highest BCUT2D eigenvalue weighted by Gasteiger charge is 2.17. The van der Waals surface area contributed by atoms with Crippen LogP contribution in [-0.2, 0) is 0 Å². The highest BCUT2D eigenvalue weighted by Crippen LogP contribution is 2.25. The molecule has 7 heteroatoms. The molecule has 28 heavy (non-hydrogen) atoms. The summed E-state index contributed by atoms with van der Waals surface area (Å²) in [6, 6.07) is 15.3. The van der Waals surface area contributed by atoms with Gasteiger partial charge in [0.15, 0.2) is 0 Å². The molecule has 0 aliphatic rings. The lowest BCUT2D eigenvalue weighted by Gasteiger charge is -2.10. The highest BCUT2D eigenvalue weighted by molar-refractivity contribution is 6.05. The lowest BCUT2D eigenvalue weighted by Crippen LogP contribution is -2.14. The van der Waals surface area contributed by atoms with Crippen LogP contribution in [0.5, 0.6) is 0 Å². The van der Waals surface area contributed by atoms with E-state index in [-0.39, 0.29) is 5.91 Å². The Morgan fingerprint density at radius 3 is 2.54 bits per heavy atom. The molecule has 0 bridgehead atoms.